The van der Waals surface area contributed by atoms with Crippen LogP contribution in [0.5, 0.6) is 0 Å². The second kappa shape index (κ2) is 9.06. The quantitative estimate of drug-likeness (QED) is 0.483. The summed E-state index contributed by atoms with van der Waals surface area (Å²) in [6.07, 6.45) is 7.44. The Morgan fingerprint density at radius 3 is 2.48 bits per heavy atom. The Balaban J connectivity index is 1.35. The first-order valence-electron chi connectivity index (χ1n) is 12.4. The zero-order chi connectivity index (χ0) is 23.2. The molecule has 4 saturated carbocycles. The Hall–Kier alpha value is -1.87. The van der Waals surface area contributed by atoms with E-state index >= 15 is 0 Å². The van der Waals surface area contributed by atoms with Crippen LogP contribution in [-0.4, -0.2) is 75.4 Å². The number of hydrogen-bond donors (Lipinski definition) is 2. The molecule has 9 heteroatoms. The number of aliphatic hydroxyl groups is 1. The minimum atomic E-state index is -0.513. The molecule has 8 nitrogen and oxygen atoms in total. The van der Waals surface area contributed by atoms with E-state index < -0.39 is 5.60 Å². The number of nitrogens with one attached hydrogen (secondary N) is 1. The SMILES string of the molecule is CCCSc1ncc(C(=O)N[C@H]2C3CC4CC2C[C@@](O)(C4)C3)c(N2CCN(C(C)=O)CC2)n1. The molecule has 5 fully saturated rings. The molecule has 2 unspecified atom stereocenters. The molecule has 4 aliphatic carbocycles. The first-order valence-corrected chi connectivity index (χ1v) is 13.4. The number of nitrogens with zero attached hydrogens (tertiary/aromatic N) is 4. The summed E-state index contributed by atoms with van der Waals surface area (Å²) in [7, 11) is 0. The highest BCUT2D eigenvalue weighted by molar-refractivity contribution is 7.99. The number of amides is 2. The van der Waals surface area contributed by atoms with Crippen molar-refractivity contribution in [1.29, 1.82) is 0 Å². The fourth-order valence-electron chi connectivity index (χ4n) is 6.70. The van der Waals surface area contributed by atoms with Crippen LogP contribution in [0, 0.1) is 17.8 Å². The van der Waals surface area contributed by atoms with Crippen LogP contribution in [0.25, 0.3) is 0 Å². The number of hydrogen-bond acceptors (Lipinski definition) is 7. The molecule has 33 heavy (non-hydrogen) atoms. The van der Waals surface area contributed by atoms with E-state index in [4.69, 9.17) is 4.98 Å². The van der Waals surface area contributed by atoms with Crippen molar-refractivity contribution >= 4 is 29.4 Å². The van der Waals surface area contributed by atoms with Gasteiger partial charge in [-0.1, -0.05) is 18.7 Å². The van der Waals surface area contributed by atoms with E-state index in [0.717, 1.165) is 44.3 Å². The van der Waals surface area contributed by atoms with Crippen molar-refractivity contribution in [1.82, 2.24) is 20.2 Å². The van der Waals surface area contributed by atoms with Crippen LogP contribution in [0.2, 0.25) is 0 Å². The Morgan fingerprint density at radius 2 is 1.88 bits per heavy atom. The van der Waals surface area contributed by atoms with Gasteiger partial charge in [-0.25, -0.2) is 9.97 Å². The van der Waals surface area contributed by atoms with Crippen LogP contribution in [0.15, 0.2) is 11.4 Å². The maximum atomic E-state index is 13.5. The number of aromatic nitrogens is 2. The Bertz CT molecular complexity index is 903. The molecule has 1 aromatic rings. The van der Waals surface area contributed by atoms with Gasteiger partial charge in [0.05, 0.1) is 5.60 Å². The van der Waals surface area contributed by atoms with Crippen LogP contribution < -0.4 is 10.2 Å². The molecule has 2 amide bonds. The average molecular weight is 474 g/mol. The Kier molecular flexibility index (Phi) is 6.29. The summed E-state index contributed by atoms with van der Waals surface area (Å²) in [5.74, 6) is 2.88. The molecular formula is C24H35N5O3S. The third kappa shape index (κ3) is 4.58. The van der Waals surface area contributed by atoms with E-state index in [-0.39, 0.29) is 17.9 Å². The first-order chi connectivity index (χ1) is 15.8. The molecule has 2 atom stereocenters. The van der Waals surface area contributed by atoms with Crippen LogP contribution >= 0.6 is 11.8 Å². The highest BCUT2D eigenvalue weighted by Crippen LogP contribution is 2.55. The topological polar surface area (TPSA) is 98.7 Å². The molecule has 4 bridgehead atoms. The van der Waals surface area contributed by atoms with Crippen molar-refractivity contribution in [2.45, 2.75) is 69.2 Å². The summed E-state index contributed by atoms with van der Waals surface area (Å²) in [5, 5.41) is 14.9. The van der Waals surface area contributed by atoms with Gasteiger partial charge in [0.1, 0.15) is 11.4 Å². The number of piperazine rings is 1. The molecule has 2 heterocycles. The largest absolute Gasteiger partial charge is 0.390 e. The Labute approximate surface area is 199 Å². The molecule has 6 rings (SSSR count). The van der Waals surface area contributed by atoms with E-state index in [1.54, 1.807) is 24.9 Å². The number of thioether (sulfide) groups is 1. The van der Waals surface area contributed by atoms with Crippen molar-refractivity contribution in [3.05, 3.63) is 11.8 Å². The van der Waals surface area contributed by atoms with Gasteiger partial charge in [-0.2, -0.15) is 0 Å². The van der Waals surface area contributed by atoms with Crippen molar-refractivity contribution in [3.63, 3.8) is 0 Å². The van der Waals surface area contributed by atoms with Crippen molar-refractivity contribution in [3.8, 4) is 0 Å². The van der Waals surface area contributed by atoms with E-state index in [2.05, 4.69) is 22.1 Å². The van der Waals surface area contributed by atoms with Crippen LogP contribution in [0.4, 0.5) is 5.82 Å². The monoisotopic (exact) mass is 473 g/mol. The smallest absolute Gasteiger partial charge is 0.256 e. The number of carbonyl (C=O) groups excluding carboxylic acids is 2. The molecule has 1 aromatic heterocycles. The maximum absolute atomic E-state index is 13.5. The fraction of sp³-hybridized carbons (Fsp3) is 0.750. The summed E-state index contributed by atoms with van der Waals surface area (Å²) in [4.78, 5) is 38.5. The van der Waals surface area contributed by atoms with Gasteiger partial charge in [0.25, 0.3) is 5.91 Å². The lowest BCUT2D eigenvalue weighted by molar-refractivity contribution is -0.137. The molecule has 0 aromatic carbocycles. The van der Waals surface area contributed by atoms with Gasteiger partial charge in [-0.05, 0) is 56.3 Å². The zero-order valence-electron chi connectivity index (χ0n) is 19.6. The summed E-state index contributed by atoms with van der Waals surface area (Å²) < 4.78 is 0. The number of anilines is 1. The molecule has 1 saturated heterocycles. The highest BCUT2D eigenvalue weighted by atomic mass is 32.2. The first kappa shape index (κ1) is 22.9. The minimum absolute atomic E-state index is 0.0815. The molecule has 2 N–H and O–H groups in total. The van der Waals surface area contributed by atoms with Gasteiger partial charge in [0.15, 0.2) is 5.16 Å². The molecule has 1 aliphatic heterocycles. The summed E-state index contributed by atoms with van der Waals surface area (Å²) in [6.45, 7) is 6.28. The van der Waals surface area contributed by atoms with Gasteiger partial charge in [0.2, 0.25) is 5.91 Å². The second-order valence-electron chi connectivity index (χ2n) is 10.4. The van der Waals surface area contributed by atoms with E-state index in [1.165, 1.54) is 0 Å². The van der Waals surface area contributed by atoms with Gasteiger partial charge in [0, 0.05) is 51.1 Å². The standard InChI is InChI=1S/C24H35N5O3S/c1-3-8-33-23-25-14-19(21(27-23)29-6-4-28(5-7-29)15(2)30)22(31)26-20-17-9-16-10-18(20)13-24(32,11-16)12-17/h14,16-18,20,32H,3-13H2,1-2H3,(H,26,31)/t16?,17?,18?,20-,24+. The van der Waals surface area contributed by atoms with Crippen LogP contribution in [-0.2, 0) is 4.79 Å². The van der Waals surface area contributed by atoms with Gasteiger partial charge < -0.3 is 20.2 Å². The van der Waals surface area contributed by atoms with Gasteiger partial charge in [-0.15, -0.1) is 0 Å². The second-order valence-corrected chi connectivity index (χ2v) is 11.5. The van der Waals surface area contributed by atoms with Crippen LogP contribution in [0.3, 0.4) is 0 Å². The number of carbonyl (C=O) groups is 2. The molecule has 5 aliphatic rings. The average Bonchev–Trinajstić information content (AvgIpc) is 2.78. The van der Waals surface area contributed by atoms with Crippen molar-refractivity contribution < 1.29 is 14.7 Å². The lowest BCUT2D eigenvalue weighted by Gasteiger charge is -2.58. The molecule has 0 spiro atoms. The highest BCUT2D eigenvalue weighted by Gasteiger charge is 2.55. The van der Waals surface area contributed by atoms with Gasteiger partial charge >= 0.3 is 0 Å². The molecule has 180 valence electrons. The normalized spacial score (nSPS) is 32.8. The van der Waals surface area contributed by atoms with Crippen LogP contribution in [0.1, 0.15) is 62.7 Å². The van der Waals surface area contributed by atoms with E-state index in [0.29, 0.717) is 60.5 Å². The fourth-order valence-corrected chi connectivity index (χ4v) is 7.37. The maximum Gasteiger partial charge on any atom is 0.256 e. The molecular weight excluding hydrogens is 438 g/mol. The summed E-state index contributed by atoms with van der Waals surface area (Å²) in [6, 6.07) is 0.117. The van der Waals surface area contributed by atoms with Crippen molar-refractivity contribution in [2.24, 2.45) is 17.8 Å². The van der Waals surface area contributed by atoms with E-state index in [1.807, 2.05) is 4.90 Å². The number of rotatable bonds is 6. The summed E-state index contributed by atoms with van der Waals surface area (Å²) >= 11 is 1.61. The third-order valence-electron chi connectivity index (χ3n) is 7.99. The zero-order valence-corrected chi connectivity index (χ0v) is 20.4. The van der Waals surface area contributed by atoms with Crippen molar-refractivity contribution in [2.75, 3.05) is 36.8 Å². The predicted molar refractivity (Wildman–Crippen MR) is 127 cm³/mol. The summed E-state index contributed by atoms with van der Waals surface area (Å²) in [5.41, 5.74) is 0.000199. The molecule has 0 radical (unpaired) electrons. The Morgan fingerprint density at radius 1 is 1.18 bits per heavy atom. The van der Waals surface area contributed by atoms with E-state index in [9.17, 15) is 14.7 Å². The third-order valence-corrected chi connectivity index (χ3v) is 9.06. The lowest BCUT2D eigenvalue weighted by Crippen LogP contribution is -2.61. The van der Waals surface area contributed by atoms with Gasteiger partial charge in [-0.3, -0.25) is 9.59 Å². The lowest BCUT2D eigenvalue weighted by atomic mass is 9.52. The minimum Gasteiger partial charge on any atom is -0.390 e. The predicted octanol–water partition coefficient (Wildman–Crippen LogP) is 2.32.